The number of aliphatic hydroxyl groups excluding tert-OH is 10. The van der Waals surface area contributed by atoms with Crippen molar-refractivity contribution in [1.29, 1.82) is 0 Å². The second-order valence-electron chi connectivity index (χ2n) is 38.4. The Balaban J connectivity index is 0.000000382. The molecule has 1 aromatic carbocycles. The maximum absolute atomic E-state index is 14.6. The molecule has 760 valence electrons. The van der Waals surface area contributed by atoms with Crippen LogP contribution in [0.2, 0.25) is 0 Å². The molecule has 31 atom stereocenters. The summed E-state index contributed by atoms with van der Waals surface area (Å²) in [5.74, 6) is -15.0. The number of phenolic OH excluding ortho intramolecular Hbond substituents is 1. The molecule has 0 aromatic heterocycles. The Bertz CT molecular complexity index is 4040. The number of methoxy groups -OCH3 is 3. The lowest BCUT2D eigenvalue weighted by Gasteiger charge is -2.47. The number of esters is 1. The van der Waals surface area contributed by atoms with Crippen LogP contribution in [0.1, 0.15) is 235 Å². The Morgan fingerprint density at radius 2 is 1.29 bits per heavy atom. The molecule has 134 heavy (non-hydrogen) atoms. The van der Waals surface area contributed by atoms with Gasteiger partial charge in [-0.1, -0.05) is 118 Å². The van der Waals surface area contributed by atoms with Crippen LogP contribution in [-0.2, 0) is 76.4 Å². The Morgan fingerprint density at radius 1 is 0.657 bits per heavy atom. The van der Waals surface area contributed by atoms with E-state index in [2.05, 4.69) is 52.7 Å². The summed E-state index contributed by atoms with van der Waals surface area (Å²) >= 11 is 0. The standard InChI is InChI=1S/C52H88N10O15.C43H69NO13/c1-5-28(2)24-29(3)12-10-8-6-7-9-11-13-39(69)56-34-26-38(68)46(55-22-21-54)60-50(75)43-37(67)19-23-61(43)52(77)41(36(66)18-20-53)58-49(74)42(45(71)44(70)31-14-16-32(64)17-15-31)59-48(73)35-25-33(65)27-62(35)51(76)40(30(4)63)57-47(34)72;1-10-29-18-23(2)37(48)24(3)19-35(54-8)39-36(55-9)20-26(5)43(52,57-39)40(49)41(50)44-16-12-11-13-30(44)42(51)56-38(27(6)32(46)22-33(29)47)25(4)17-28-14-15-31(45)34(21-28)53-7/h14-17,28-30,33-38,40-46,55,63-68,70-71H,5-13,18-27,53-54H2,1-4H3,(H,56,69)(H,57,72)(H,58,74)(H,59,73)(H,60,75);17-18,24,26-32,34-39,45-46,48,52H,10-16,19-22H2,1-9H3/b;23-18+,25-17+/t28?,29?,30-,33-,34+,35+,36-,37+,38-,40+,41+,42+,43+,44+,45+,46+;24-,26-,27-,28+,29+,30+,31-,32+,34-,35+,36+,37+,38-,39-,43-/m11/s1. The van der Waals surface area contributed by atoms with Gasteiger partial charge in [0, 0.05) is 97.5 Å². The van der Waals surface area contributed by atoms with Gasteiger partial charge in [0.1, 0.15) is 84.4 Å². The molecule has 5 saturated heterocycles. The number of Topliss-reactive ketones (excluding diaryl/α,β-unsaturated/α-hetero) is 2. The van der Waals surface area contributed by atoms with Gasteiger partial charge in [0.05, 0.1) is 67.1 Å². The second-order valence-corrected chi connectivity index (χ2v) is 38.4. The van der Waals surface area contributed by atoms with E-state index in [1.165, 1.54) is 44.9 Å². The number of nitrogens with two attached hydrogens (primary N) is 2. The van der Waals surface area contributed by atoms with Crippen LogP contribution < -0.4 is 43.4 Å². The molecule has 22 N–H and O–H groups in total. The normalized spacial score (nSPS) is 34.5. The van der Waals surface area contributed by atoms with Gasteiger partial charge in [0.25, 0.3) is 11.7 Å². The van der Waals surface area contributed by atoms with Gasteiger partial charge in [-0.3, -0.25) is 53.3 Å². The SMILES string of the molecule is CCC(C)CC(C)CCCCCCCCC(=O)N[C@H]1C[C@@H](O)[C@@H](NCCN)NC(=O)[C@@H]2[C@@H](O)CCN2C(=O)[C@H]([C@H](O)CCN)NC(=O)[C@H]([C@H](O)[C@@H](O)c2ccc(O)cc2)NC(=O)[C@@H]2C[C@@H](O)CN2C(=O)[C@H]([C@@H](C)O)NC1=O.CC[C@H]1/C=C(\C)[C@H](O)[C@H](C)C[C@H](OC)[C@H]2O[C@@](O)(C(=O)C(=O)N3CCCC[C@H]3C(=O)O[C@H](/C(C)=C/[C@@H]3CC[C@@H](O)[C@H](OC)C3)[C@H](C)[C@@H](O)CC1=O)[C@H](C)C[C@@H]2OC. The van der Waals surface area contributed by atoms with Crippen molar-refractivity contribution in [3.05, 3.63) is 53.1 Å². The van der Waals surface area contributed by atoms with Gasteiger partial charge in [-0.2, -0.15) is 0 Å². The van der Waals surface area contributed by atoms with E-state index in [1.54, 1.807) is 40.9 Å². The largest absolute Gasteiger partial charge is 0.508 e. The Hall–Kier alpha value is -7.65. The van der Waals surface area contributed by atoms with E-state index >= 15 is 0 Å². The average Bonchev–Trinajstić information content (AvgIpc) is 1.09. The number of carbonyl (C=O) groups excluding carboxylic acids is 11. The highest BCUT2D eigenvalue weighted by Crippen LogP contribution is 2.41. The summed E-state index contributed by atoms with van der Waals surface area (Å²) in [5, 5.41) is 150. The van der Waals surface area contributed by atoms with Gasteiger partial charge in [-0.25, -0.2) is 4.79 Å². The monoisotopic (exact) mass is 1900 g/mol. The number of cyclic esters (lactones) is 1. The first-order valence-corrected chi connectivity index (χ1v) is 48.2. The Morgan fingerprint density at radius 3 is 1.93 bits per heavy atom. The van der Waals surface area contributed by atoms with Crippen LogP contribution in [0.3, 0.4) is 0 Å². The quantitative estimate of drug-likeness (QED) is 0.0219. The number of aromatic hydroxyl groups is 1. The first-order chi connectivity index (χ1) is 63.4. The van der Waals surface area contributed by atoms with Crippen LogP contribution in [0, 0.1) is 41.4 Å². The second kappa shape index (κ2) is 54.1. The number of unbranched alkanes of at least 4 members (excludes halogenated alkanes) is 5. The highest BCUT2D eigenvalue weighted by atomic mass is 16.7. The highest BCUT2D eigenvalue weighted by Gasteiger charge is 2.58. The summed E-state index contributed by atoms with van der Waals surface area (Å²) in [6.07, 6.45) is -6.33. The third kappa shape index (κ3) is 30.7. The van der Waals surface area contributed by atoms with Crippen molar-refractivity contribution in [2.24, 2.45) is 52.9 Å². The number of amides is 8. The zero-order valence-corrected chi connectivity index (χ0v) is 80.4. The summed E-state index contributed by atoms with van der Waals surface area (Å²) in [7, 11) is 4.49. The number of ketones is 2. The summed E-state index contributed by atoms with van der Waals surface area (Å²) in [6.45, 7) is 17.3. The number of hydrogen-bond donors (Lipinski definition) is 20. The molecule has 0 radical (unpaired) electrons. The van der Waals surface area contributed by atoms with Gasteiger partial charge in [0.2, 0.25) is 47.1 Å². The van der Waals surface area contributed by atoms with Gasteiger partial charge < -0.3 is 138 Å². The zero-order chi connectivity index (χ0) is 99.4. The van der Waals surface area contributed by atoms with E-state index in [1.807, 2.05) is 19.9 Å². The lowest BCUT2D eigenvalue weighted by atomic mass is 9.81. The third-order valence-electron chi connectivity index (χ3n) is 28.1. The first-order valence-electron chi connectivity index (χ1n) is 48.2. The molecule has 6 aliphatic heterocycles. The van der Waals surface area contributed by atoms with Crippen molar-refractivity contribution in [3.8, 4) is 5.75 Å². The Kier molecular flexibility index (Phi) is 45.7. The van der Waals surface area contributed by atoms with Crippen molar-refractivity contribution in [2.75, 3.05) is 60.6 Å². The van der Waals surface area contributed by atoms with Gasteiger partial charge >= 0.3 is 5.97 Å². The van der Waals surface area contributed by atoms with Crippen molar-refractivity contribution in [1.82, 2.24) is 46.6 Å². The molecule has 6 heterocycles. The molecular weight excluding hydrogens is 1740 g/mol. The number of nitrogens with zero attached hydrogens (tertiary/aromatic N) is 3. The fraction of sp³-hybridized carbons (Fsp3) is 0.779. The number of piperidine rings is 1. The maximum atomic E-state index is 14.6. The molecule has 2 unspecified atom stereocenters. The van der Waals surface area contributed by atoms with Gasteiger partial charge in [-0.05, 0) is 163 Å². The number of nitrogens with one attached hydrogen (secondary N) is 6. The number of carbonyl (C=O) groups is 11. The minimum atomic E-state index is -2.57. The number of benzene rings is 1. The molecule has 0 spiro atoms. The number of hydrogen-bond acceptors (Lipinski definition) is 31. The van der Waals surface area contributed by atoms with Crippen LogP contribution in [0.15, 0.2) is 47.6 Å². The van der Waals surface area contributed by atoms with E-state index in [0.717, 1.165) is 60.1 Å². The number of rotatable bonds is 29. The van der Waals surface area contributed by atoms with Gasteiger partial charge in [-0.15, -0.1) is 0 Å². The van der Waals surface area contributed by atoms with Gasteiger partial charge in [0.15, 0.2) is 0 Å². The molecule has 7 aliphatic rings. The van der Waals surface area contributed by atoms with Crippen LogP contribution >= 0.6 is 0 Å². The predicted octanol–water partition coefficient (Wildman–Crippen LogP) is 0.132. The molecule has 39 heteroatoms. The number of aliphatic hydroxyl groups is 11. The fourth-order valence-electron chi connectivity index (χ4n) is 19.6. The average molecular weight is 1900 g/mol. The van der Waals surface area contributed by atoms with Crippen molar-refractivity contribution >= 4 is 64.8 Å². The first kappa shape index (κ1) is 113. The summed E-state index contributed by atoms with van der Waals surface area (Å²) < 4.78 is 29.6. The van der Waals surface area contributed by atoms with E-state index in [9.17, 15) is 114 Å². The molecule has 8 amide bonds. The predicted molar refractivity (Wildman–Crippen MR) is 490 cm³/mol. The number of ether oxygens (including phenoxy) is 5. The topological polar surface area (TPSA) is 611 Å². The molecule has 6 fully saturated rings. The highest BCUT2D eigenvalue weighted by molar-refractivity contribution is 6.39. The maximum Gasteiger partial charge on any atom is 0.329 e. The van der Waals surface area contributed by atoms with Crippen LogP contribution in [0.5, 0.6) is 5.75 Å². The number of fused-ring (bicyclic) bond motifs is 5. The molecule has 8 rings (SSSR count). The molecule has 39 nitrogen and oxygen atoms in total. The van der Waals surface area contributed by atoms with Crippen LogP contribution in [-0.4, -0.2) is 341 Å². The summed E-state index contributed by atoms with van der Waals surface area (Å²) in [6, 6.07) is -7.56. The van der Waals surface area contributed by atoms with E-state index in [-0.39, 0.29) is 107 Å². The number of phenols is 1. The van der Waals surface area contributed by atoms with Crippen LogP contribution in [0.25, 0.3) is 0 Å². The summed E-state index contributed by atoms with van der Waals surface area (Å²) in [5.41, 5.74) is 12.7. The molecule has 2 bridgehead atoms. The van der Waals surface area contributed by atoms with Crippen LogP contribution in [0.4, 0.5) is 0 Å². The molecule has 1 aromatic rings. The van der Waals surface area contributed by atoms with Crippen molar-refractivity contribution < 1.29 is 138 Å². The van der Waals surface area contributed by atoms with E-state index in [0.29, 0.717) is 74.3 Å². The number of allylic oxidation sites excluding steroid dienone is 2. The Labute approximate surface area is 787 Å². The zero-order valence-electron chi connectivity index (χ0n) is 80.4. The smallest absolute Gasteiger partial charge is 0.329 e. The van der Waals surface area contributed by atoms with E-state index < -0.39 is 242 Å². The van der Waals surface area contributed by atoms with Crippen molar-refractivity contribution in [3.63, 3.8) is 0 Å². The lowest BCUT2D eigenvalue weighted by Crippen LogP contribution is -2.65. The summed E-state index contributed by atoms with van der Waals surface area (Å²) in [4.78, 5) is 160. The van der Waals surface area contributed by atoms with Crippen molar-refractivity contribution in [2.45, 2.75) is 369 Å². The molecular formula is C95H157N11O28. The fourth-order valence-corrected chi connectivity index (χ4v) is 19.6. The molecule has 1 aliphatic carbocycles. The lowest BCUT2D eigenvalue weighted by molar-refractivity contribution is -0.302. The minimum absolute atomic E-state index is 0.0255. The van der Waals surface area contributed by atoms with E-state index in [4.69, 9.17) is 35.2 Å². The third-order valence-corrected chi connectivity index (χ3v) is 28.1. The minimum Gasteiger partial charge on any atom is -0.508 e. The molecule has 1 saturated carbocycles.